The molecule has 0 amide bonds. The molecule has 5 heteroatoms. The molecule has 1 heterocycles. The van der Waals surface area contributed by atoms with E-state index in [1.807, 2.05) is 13.8 Å². The summed E-state index contributed by atoms with van der Waals surface area (Å²) in [6.45, 7) is 3.75. The fourth-order valence-electron chi connectivity index (χ4n) is 1.97. The van der Waals surface area contributed by atoms with E-state index in [-0.39, 0.29) is 6.61 Å². The van der Waals surface area contributed by atoms with Crippen molar-refractivity contribution in [1.82, 2.24) is 9.78 Å². The Morgan fingerprint density at radius 3 is 2.67 bits per heavy atom. The smallest absolute Gasteiger partial charge is 0.144 e. The average molecular weight is 267 g/mol. The number of aryl methyl sites for hydroxylation is 1. The molecular formula is C13H15ClN2O2. The van der Waals surface area contributed by atoms with Gasteiger partial charge in [-0.2, -0.15) is 5.10 Å². The molecule has 0 radical (unpaired) electrons. The van der Waals surface area contributed by atoms with Crippen LogP contribution in [-0.2, 0) is 6.61 Å². The average Bonchev–Trinajstić information content (AvgIpc) is 2.64. The van der Waals surface area contributed by atoms with Crippen LogP contribution in [0.15, 0.2) is 18.2 Å². The molecule has 0 saturated heterocycles. The van der Waals surface area contributed by atoms with Crippen molar-refractivity contribution in [1.29, 1.82) is 0 Å². The van der Waals surface area contributed by atoms with Crippen molar-refractivity contribution in [2.75, 3.05) is 7.11 Å². The van der Waals surface area contributed by atoms with Gasteiger partial charge in [0.05, 0.1) is 19.4 Å². The number of ether oxygens (including phenoxy) is 1. The molecule has 1 aromatic carbocycles. The Bertz CT molecular complexity index is 579. The third kappa shape index (κ3) is 2.09. The van der Waals surface area contributed by atoms with Crippen LogP contribution >= 0.6 is 11.6 Å². The van der Waals surface area contributed by atoms with Crippen LogP contribution < -0.4 is 4.74 Å². The predicted molar refractivity (Wildman–Crippen MR) is 70.5 cm³/mol. The highest BCUT2D eigenvalue weighted by Gasteiger charge is 2.15. The first kappa shape index (κ1) is 12.9. The number of aliphatic hydroxyl groups is 1. The second-order valence-electron chi connectivity index (χ2n) is 4.04. The highest BCUT2D eigenvalue weighted by Crippen LogP contribution is 2.28. The maximum atomic E-state index is 9.33. The standard InChI is InChI=1S/C13H15ClN2O2/c1-8-11(7-17)9(2)16(15-8)12-6-10(14)4-5-13(12)18-3/h4-6,17H,7H2,1-3H3. The van der Waals surface area contributed by atoms with Gasteiger partial charge >= 0.3 is 0 Å². The second kappa shape index (κ2) is 5.00. The number of benzene rings is 1. The number of halogens is 1. The van der Waals surface area contributed by atoms with Gasteiger partial charge in [0.1, 0.15) is 11.4 Å². The number of hydrogen-bond donors (Lipinski definition) is 1. The van der Waals surface area contributed by atoms with E-state index in [4.69, 9.17) is 16.3 Å². The maximum Gasteiger partial charge on any atom is 0.144 e. The van der Waals surface area contributed by atoms with Crippen LogP contribution in [0, 0.1) is 13.8 Å². The summed E-state index contributed by atoms with van der Waals surface area (Å²) < 4.78 is 7.05. The number of methoxy groups -OCH3 is 1. The number of hydrogen-bond acceptors (Lipinski definition) is 3. The fourth-order valence-corrected chi connectivity index (χ4v) is 2.13. The van der Waals surface area contributed by atoms with Crippen molar-refractivity contribution < 1.29 is 9.84 Å². The Balaban J connectivity index is 2.65. The zero-order valence-corrected chi connectivity index (χ0v) is 11.3. The van der Waals surface area contributed by atoms with Gasteiger partial charge < -0.3 is 9.84 Å². The molecular weight excluding hydrogens is 252 g/mol. The molecule has 0 fully saturated rings. The van der Waals surface area contributed by atoms with Gasteiger partial charge in [-0.25, -0.2) is 4.68 Å². The molecule has 0 spiro atoms. The van der Waals surface area contributed by atoms with Gasteiger partial charge in [0, 0.05) is 16.3 Å². The molecule has 2 aromatic rings. The monoisotopic (exact) mass is 266 g/mol. The van der Waals surface area contributed by atoms with E-state index in [1.165, 1.54) is 0 Å². The number of aliphatic hydroxyl groups excluding tert-OH is 1. The molecule has 0 atom stereocenters. The van der Waals surface area contributed by atoms with Gasteiger partial charge in [-0.05, 0) is 32.0 Å². The molecule has 1 aromatic heterocycles. The minimum absolute atomic E-state index is 0.0272. The van der Waals surface area contributed by atoms with Gasteiger partial charge in [-0.1, -0.05) is 11.6 Å². The molecule has 0 saturated carbocycles. The molecule has 0 unspecified atom stereocenters. The van der Waals surface area contributed by atoms with Crippen LogP contribution in [0.25, 0.3) is 5.69 Å². The van der Waals surface area contributed by atoms with Crippen LogP contribution in [0.5, 0.6) is 5.75 Å². The summed E-state index contributed by atoms with van der Waals surface area (Å²) in [4.78, 5) is 0. The summed E-state index contributed by atoms with van der Waals surface area (Å²) in [5.41, 5.74) is 3.29. The zero-order chi connectivity index (χ0) is 13.3. The zero-order valence-electron chi connectivity index (χ0n) is 10.6. The molecule has 18 heavy (non-hydrogen) atoms. The molecule has 0 aliphatic heterocycles. The second-order valence-corrected chi connectivity index (χ2v) is 4.47. The summed E-state index contributed by atoms with van der Waals surface area (Å²) in [7, 11) is 1.60. The lowest BCUT2D eigenvalue weighted by molar-refractivity contribution is 0.280. The number of nitrogens with zero attached hydrogens (tertiary/aromatic N) is 2. The van der Waals surface area contributed by atoms with E-state index in [2.05, 4.69) is 5.10 Å². The van der Waals surface area contributed by atoms with E-state index in [0.717, 1.165) is 22.6 Å². The lowest BCUT2D eigenvalue weighted by atomic mass is 10.2. The van der Waals surface area contributed by atoms with Gasteiger partial charge in [-0.3, -0.25) is 0 Å². The minimum atomic E-state index is -0.0272. The molecule has 0 aliphatic carbocycles. The lowest BCUT2D eigenvalue weighted by Crippen LogP contribution is -2.02. The first-order valence-corrected chi connectivity index (χ1v) is 5.96. The number of aromatic nitrogens is 2. The van der Waals surface area contributed by atoms with Crippen molar-refractivity contribution in [2.45, 2.75) is 20.5 Å². The van der Waals surface area contributed by atoms with Crippen LogP contribution in [0.2, 0.25) is 5.02 Å². The van der Waals surface area contributed by atoms with Crippen LogP contribution in [-0.4, -0.2) is 22.0 Å². The van der Waals surface area contributed by atoms with Crippen LogP contribution in [0.1, 0.15) is 17.0 Å². The first-order chi connectivity index (χ1) is 8.58. The summed E-state index contributed by atoms with van der Waals surface area (Å²) in [6, 6.07) is 5.36. The topological polar surface area (TPSA) is 47.3 Å². The maximum absolute atomic E-state index is 9.33. The van der Waals surface area contributed by atoms with E-state index in [0.29, 0.717) is 10.8 Å². The van der Waals surface area contributed by atoms with Crippen LogP contribution in [0.3, 0.4) is 0 Å². The largest absolute Gasteiger partial charge is 0.494 e. The third-order valence-corrected chi connectivity index (χ3v) is 3.20. The van der Waals surface area contributed by atoms with Crippen molar-refractivity contribution in [3.63, 3.8) is 0 Å². The molecule has 0 bridgehead atoms. The van der Waals surface area contributed by atoms with E-state index in [9.17, 15) is 5.11 Å². The highest BCUT2D eigenvalue weighted by molar-refractivity contribution is 6.30. The van der Waals surface area contributed by atoms with Crippen molar-refractivity contribution >= 4 is 11.6 Å². The molecule has 2 rings (SSSR count). The first-order valence-electron chi connectivity index (χ1n) is 5.58. The Hall–Kier alpha value is -1.52. The SMILES string of the molecule is COc1ccc(Cl)cc1-n1nc(C)c(CO)c1C. The number of rotatable bonds is 3. The Morgan fingerprint density at radius 2 is 2.11 bits per heavy atom. The molecule has 4 nitrogen and oxygen atoms in total. The van der Waals surface area contributed by atoms with Crippen LogP contribution in [0.4, 0.5) is 0 Å². The predicted octanol–water partition coefficient (Wildman–Crippen LogP) is 2.64. The quantitative estimate of drug-likeness (QED) is 0.929. The minimum Gasteiger partial charge on any atom is -0.494 e. The van der Waals surface area contributed by atoms with Crippen molar-refractivity contribution in [3.05, 3.63) is 40.2 Å². The van der Waals surface area contributed by atoms with E-state index >= 15 is 0 Å². The summed E-state index contributed by atoms with van der Waals surface area (Å²) in [6.07, 6.45) is 0. The van der Waals surface area contributed by atoms with Crippen molar-refractivity contribution in [2.24, 2.45) is 0 Å². The Kier molecular flexibility index (Phi) is 3.59. The molecule has 96 valence electrons. The van der Waals surface area contributed by atoms with Gasteiger partial charge in [0.25, 0.3) is 0 Å². The summed E-state index contributed by atoms with van der Waals surface area (Å²) in [5.74, 6) is 0.689. The Morgan fingerprint density at radius 1 is 1.39 bits per heavy atom. The Labute approximate surface area is 111 Å². The van der Waals surface area contributed by atoms with Crippen molar-refractivity contribution in [3.8, 4) is 11.4 Å². The fraction of sp³-hybridized carbons (Fsp3) is 0.308. The normalized spacial score (nSPS) is 10.7. The highest BCUT2D eigenvalue weighted by atomic mass is 35.5. The summed E-state index contributed by atoms with van der Waals surface area (Å²) in [5, 5.41) is 14.4. The van der Waals surface area contributed by atoms with Gasteiger partial charge in [-0.15, -0.1) is 0 Å². The molecule has 1 N–H and O–H groups in total. The van der Waals surface area contributed by atoms with E-state index < -0.39 is 0 Å². The van der Waals surface area contributed by atoms with E-state index in [1.54, 1.807) is 30.0 Å². The van der Waals surface area contributed by atoms with Gasteiger partial charge in [0.2, 0.25) is 0 Å². The lowest BCUT2D eigenvalue weighted by Gasteiger charge is -2.10. The molecule has 0 aliphatic rings. The summed E-state index contributed by atoms with van der Waals surface area (Å²) >= 11 is 6.01. The third-order valence-electron chi connectivity index (χ3n) is 2.97. The van der Waals surface area contributed by atoms with Gasteiger partial charge in [0.15, 0.2) is 0 Å².